The van der Waals surface area contributed by atoms with Gasteiger partial charge in [0.15, 0.2) is 0 Å². The third-order valence-corrected chi connectivity index (χ3v) is 4.91. The van der Waals surface area contributed by atoms with Crippen molar-refractivity contribution in [2.24, 2.45) is 0 Å². The van der Waals surface area contributed by atoms with Crippen LogP contribution in [0.15, 0.2) is 36.7 Å². The van der Waals surface area contributed by atoms with Crippen molar-refractivity contribution in [1.29, 1.82) is 5.26 Å². The summed E-state index contributed by atoms with van der Waals surface area (Å²) >= 11 is 0. The van der Waals surface area contributed by atoms with Gasteiger partial charge in [-0.1, -0.05) is 0 Å². The van der Waals surface area contributed by atoms with Crippen LogP contribution in [0.5, 0.6) is 5.75 Å². The smallest absolute Gasteiger partial charge is 0.322 e. The number of aromatic amines is 1. The maximum absolute atomic E-state index is 11.0. The van der Waals surface area contributed by atoms with Crippen molar-refractivity contribution in [2.75, 3.05) is 19.0 Å². The number of aliphatic carboxylic acids is 1. The highest BCUT2D eigenvalue weighted by Gasteiger charge is 2.16. The summed E-state index contributed by atoms with van der Waals surface area (Å²) in [5.74, 6) is -0.235. The van der Waals surface area contributed by atoms with Gasteiger partial charge in [0.25, 0.3) is 0 Å². The number of methoxy groups -OCH3 is 1. The van der Waals surface area contributed by atoms with Crippen LogP contribution in [0.25, 0.3) is 21.8 Å². The summed E-state index contributed by atoms with van der Waals surface area (Å²) < 4.78 is 7.37. The van der Waals surface area contributed by atoms with Crippen LogP contribution in [0.1, 0.15) is 16.7 Å². The number of H-pyrrole nitrogens is 1. The van der Waals surface area contributed by atoms with Crippen molar-refractivity contribution in [3.05, 3.63) is 53.3 Å². The van der Waals surface area contributed by atoms with Gasteiger partial charge in [-0.15, -0.1) is 0 Å². The normalized spacial score (nSPS) is 10.9. The number of hydrogen-bond donors (Lipinski definition) is 3. The van der Waals surface area contributed by atoms with Gasteiger partial charge in [-0.2, -0.15) is 10.4 Å². The first kappa shape index (κ1) is 18.4. The molecule has 2 heterocycles. The van der Waals surface area contributed by atoms with E-state index in [-0.39, 0.29) is 6.54 Å². The molecule has 0 fully saturated rings. The summed E-state index contributed by atoms with van der Waals surface area (Å²) in [5.41, 5.74) is 4.46. The van der Waals surface area contributed by atoms with Crippen molar-refractivity contribution < 1.29 is 14.6 Å². The Morgan fingerprint density at radius 2 is 2.24 bits per heavy atom. The van der Waals surface area contributed by atoms with Crippen LogP contribution in [-0.2, 0) is 11.3 Å². The lowest BCUT2D eigenvalue weighted by Crippen LogP contribution is -2.13. The molecule has 0 amide bonds. The monoisotopic (exact) mass is 389 g/mol. The van der Waals surface area contributed by atoms with Crippen molar-refractivity contribution in [3.8, 4) is 11.8 Å². The molecule has 4 rings (SSSR count). The van der Waals surface area contributed by atoms with Crippen molar-refractivity contribution in [3.63, 3.8) is 0 Å². The van der Waals surface area contributed by atoms with E-state index >= 15 is 0 Å². The maximum Gasteiger partial charge on any atom is 0.322 e. The number of rotatable bonds is 6. The quantitative estimate of drug-likeness (QED) is 0.466. The second kappa shape index (κ2) is 7.20. The fourth-order valence-corrected chi connectivity index (χ4v) is 3.60. The summed E-state index contributed by atoms with van der Waals surface area (Å²) in [7, 11) is 1.64. The summed E-state index contributed by atoms with van der Waals surface area (Å²) in [5, 5.41) is 27.7. The Morgan fingerprint density at radius 1 is 1.41 bits per heavy atom. The van der Waals surface area contributed by atoms with Gasteiger partial charge < -0.3 is 20.1 Å². The lowest BCUT2D eigenvalue weighted by atomic mass is 10.0. The molecule has 2 aromatic heterocycles. The van der Waals surface area contributed by atoms with E-state index in [1.54, 1.807) is 17.9 Å². The number of aryl methyl sites for hydroxylation is 1. The fraction of sp³-hybridized carbons (Fsp3) is 0.190. The Kier molecular flexibility index (Phi) is 4.56. The molecule has 0 bridgehead atoms. The number of carboxylic acids is 1. The van der Waals surface area contributed by atoms with Crippen LogP contribution < -0.4 is 10.1 Å². The van der Waals surface area contributed by atoms with Crippen LogP contribution in [0.4, 0.5) is 5.69 Å². The van der Waals surface area contributed by atoms with Crippen LogP contribution in [-0.4, -0.2) is 39.5 Å². The number of nitriles is 1. The van der Waals surface area contributed by atoms with Gasteiger partial charge in [0.1, 0.15) is 23.9 Å². The van der Waals surface area contributed by atoms with Gasteiger partial charge in [0.2, 0.25) is 0 Å². The SMILES string of the molecule is COc1cc(C)c2[nH]ccc2c1Cn1cc2ccc(C#N)c(NCC(=O)O)c2n1. The molecule has 4 aromatic rings. The minimum Gasteiger partial charge on any atom is -0.496 e. The second-order valence-electron chi connectivity index (χ2n) is 6.75. The lowest BCUT2D eigenvalue weighted by Gasteiger charge is -2.12. The topological polar surface area (TPSA) is 116 Å². The molecular formula is C21H19N5O3. The molecule has 146 valence electrons. The largest absolute Gasteiger partial charge is 0.496 e. The van der Waals surface area contributed by atoms with E-state index < -0.39 is 5.97 Å². The molecule has 0 spiro atoms. The standard InChI is InChI=1S/C21H19N5O3/c1-12-7-17(29-2)16(15-5-6-23-19(12)15)11-26-10-14-4-3-13(8-22)20(21(14)25-26)24-9-18(27)28/h3-7,10,23-24H,9,11H2,1-2H3,(H,27,28). The highest BCUT2D eigenvalue weighted by Crippen LogP contribution is 2.32. The molecule has 0 atom stereocenters. The van der Waals surface area contributed by atoms with Crippen LogP contribution in [0.2, 0.25) is 0 Å². The number of hydrogen-bond acceptors (Lipinski definition) is 5. The van der Waals surface area contributed by atoms with Crippen LogP contribution >= 0.6 is 0 Å². The lowest BCUT2D eigenvalue weighted by molar-refractivity contribution is -0.134. The van der Waals surface area contributed by atoms with E-state index in [0.29, 0.717) is 23.3 Å². The zero-order valence-electron chi connectivity index (χ0n) is 16.0. The van der Waals surface area contributed by atoms with E-state index in [1.165, 1.54) is 0 Å². The summed E-state index contributed by atoms with van der Waals surface area (Å²) in [6.45, 7) is 2.19. The Labute approximate surface area is 166 Å². The number of carbonyl (C=O) groups is 1. The Hall–Kier alpha value is -3.99. The first-order valence-electron chi connectivity index (χ1n) is 9.01. The average molecular weight is 389 g/mol. The molecule has 0 saturated heterocycles. The number of anilines is 1. The number of benzene rings is 2. The molecule has 0 radical (unpaired) electrons. The van der Waals surface area contributed by atoms with Gasteiger partial charge >= 0.3 is 5.97 Å². The third-order valence-electron chi connectivity index (χ3n) is 4.91. The molecule has 0 saturated carbocycles. The van der Waals surface area contributed by atoms with Crippen molar-refractivity contribution in [1.82, 2.24) is 14.8 Å². The number of carboxylic acid groups (broad SMARTS) is 1. The molecule has 8 nitrogen and oxygen atoms in total. The molecule has 0 aliphatic carbocycles. The van der Waals surface area contributed by atoms with E-state index in [1.807, 2.05) is 37.5 Å². The minimum atomic E-state index is -1.01. The molecule has 0 aliphatic heterocycles. The van der Waals surface area contributed by atoms with E-state index in [0.717, 1.165) is 33.2 Å². The Bertz CT molecular complexity index is 1280. The van der Waals surface area contributed by atoms with E-state index in [4.69, 9.17) is 9.84 Å². The van der Waals surface area contributed by atoms with E-state index in [2.05, 4.69) is 21.5 Å². The number of aromatic nitrogens is 3. The summed E-state index contributed by atoms with van der Waals surface area (Å²) in [6.07, 6.45) is 3.77. The Morgan fingerprint density at radius 3 is 2.97 bits per heavy atom. The number of nitrogens with zero attached hydrogens (tertiary/aromatic N) is 3. The molecule has 3 N–H and O–H groups in total. The second-order valence-corrected chi connectivity index (χ2v) is 6.75. The summed E-state index contributed by atoms with van der Waals surface area (Å²) in [4.78, 5) is 14.2. The first-order chi connectivity index (χ1) is 14.0. The fourth-order valence-electron chi connectivity index (χ4n) is 3.60. The number of nitrogens with one attached hydrogen (secondary N) is 2. The predicted octanol–water partition coefficient (Wildman–Crippen LogP) is 3.25. The molecule has 2 aromatic carbocycles. The summed E-state index contributed by atoms with van der Waals surface area (Å²) in [6, 6.07) is 9.56. The third kappa shape index (κ3) is 3.23. The van der Waals surface area contributed by atoms with Crippen molar-refractivity contribution >= 4 is 33.5 Å². The predicted molar refractivity (Wildman–Crippen MR) is 109 cm³/mol. The molecule has 0 aliphatic rings. The Balaban J connectivity index is 1.80. The van der Waals surface area contributed by atoms with Crippen molar-refractivity contribution in [2.45, 2.75) is 13.5 Å². The van der Waals surface area contributed by atoms with Gasteiger partial charge in [-0.05, 0) is 36.8 Å². The minimum absolute atomic E-state index is 0.295. The zero-order chi connectivity index (χ0) is 20.5. The average Bonchev–Trinajstić information content (AvgIpc) is 3.34. The number of ether oxygens (including phenoxy) is 1. The van der Waals surface area contributed by atoms with Gasteiger partial charge in [0, 0.05) is 34.2 Å². The molecule has 0 unspecified atom stereocenters. The maximum atomic E-state index is 11.0. The molecule has 29 heavy (non-hydrogen) atoms. The number of fused-ring (bicyclic) bond motifs is 2. The highest BCUT2D eigenvalue weighted by atomic mass is 16.5. The van der Waals surface area contributed by atoms with Gasteiger partial charge in [-0.3, -0.25) is 9.48 Å². The van der Waals surface area contributed by atoms with Crippen LogP contribution in [0.3, 0.4) is 0 Å². The van der Waals surface area contributed by atoms with Gasteiger partial charge in [0.05, 0.1) is 24.9 Å². The van der Waals surface area contributed by atoms with Gasteiger partial charge in [-0.25, -0.2) is 0 Å². The zero-order valence-corrected chi connectivity index (χ0v) is 16.0. The molecular weight excluding hydrogens is 370 g/mol. The molecule has 8 heteroatoms. The highest BCUT2D eigenvalue weighted by molar-refractivity contribution is 5.94. The first-order valence-corrected chi connectivity index (χ1v) is 9.01. The van der Waals surface area contributed by atoms with E-state index in [9.17, 15) is 10.1 Å². The van der Waals surface area contributed by atoms with Crippen LogP contribution in [0, 0.1) is 18.3 Å².